The summed E-state index contributed by atoms with van der Waals surface area (Å²) in [5.74, 6) is -0.121. The van der Waals surface area contributed by atoms with Gasteiger partial charge in [-0.3, -0.25) is 14.9 Å². The Hall–Kier alpha value is -1.43. The predicted octanol–water partition coefficient (Wildman–Crippen LogP) is 2.57. The van der Waals surface area contributed by atoms with E-state index in [9.17, 15) is 14.9 Å². The summed E-state index contributed by atoms with van der Waals surface area (Å²) in [6, 6.07) is 2.61. The smallest absolute Gasteiger partial charge is 0.311 e. The number of nitro groups is 1. The first-order chi connectivity index (χ1) is 6.97. The molecule has 0 saturated heterocycles. The quantitative estimate of drug-likeness (QED) is 0.482. The Labute approximate surface area is 94.3 Å². The molecule has 0 amide bonds. The summed E-state index contributed by atoms with van der Waals surface area (Å²) in [6.45, 7) is 1.34. The predicted molar refractivity (Wildman–Crippen MR) is 57.4 cm³/mol. The van der Waals surface area contributed by atoms with E-state index < -0.39 is 4.92 Å². The van der Waals surface area contributed by atoms with E-state index in [2.05, 4.69) is 15.9 Å². The molecule has 0 heterocycles. The standard InChI is InChI=1S/C9H8BrNO4/c1-5(12)6-3-8(11(13)14)9(15-2)4-7(6)10/h3-4H,1-2H3. The number of nitrogens with zero attached hydrogens (tertiary/aromatic N) is 1. The van der Waals surface area contributed by atoms with Crippen molar-refractivity contribution in [2.75, 3.05) is 7.11 Å². The Morgan fingerprint density at radius 2 is 2.13 bits per heavy atom. The molecule has 6 heteroatoms. The van der Waals surface area contributed by atoms with Gasteiger partial charge in [0.2, 0.25) is 0 Å². The fourth-order valence-electron chi connectivity index (χ4n) is 1.12. The Bertz CT molecular complexity index is 430. The zero-order valence-electron chi connectivity index (χ0n) is 8.11. The molecule has 0 spiro atoms. The zero-order valence-corrected chi connectivity index (χ0v) is 9.70. The molecular formula is C9H8BrNO4. The molecule has 0 aliphatic carbocycles. The van der Waals surface area contributed by atoms with Crippen molar-refractivity contribution >= 4 is 27.4 Å². The van der Waals surface area contributed by atoms with Crippen LogP contribution < -0.4 is 4.74 Å². The molecule has 0 fully saturated rings. The van der Waals surface area contributed by atoms with Crippen LogP contribution in [0.4, 0.5) is 5.69 Å². The van der Waals surface area contributed by atoms with Crippen LogP contribution >= 0.6 is 15.9 Å². The average molecular weight is 274 g/mol. The molecule has 80 valence electrons. The lowest BCUT2D eigenvalue weighted by Crippen LogP contribution is -1.99. The van der Waals surface area contributed by atoms with E-state index in [0.717, 1.165) is 0 Å². The minimum absolute atomic E-state index is 0.122. The molecule has 0 atom stereocenters. The van der Waals surface area contributed by atoms with Gasteiger partial charge in [0, 0.05) is 22.2 Å². The van der Waals surface area contributed by atoms with Gasteiger partial charge in [0.15, 0.2) is 11.5 Å². The van der Waals surface area contributed by atoms with Gasteiger partial charge in [0.1, 0.15) is 0 Å². The third kappa shape index (κ3) is 2.33. The summed E-state index contributed by atoms with van der Waals surface area (Å²) >= 11 is 3.15. The van der Waals surface area contributed by atoms with E-state index in [1.54, 1.807) is 0 Å². The van der Waals surface area contributed by atoms with Gasteiger partial charge in [-0.15, -0.1) is 0 Å². The van der Waals surface area contributed by atoms with E-state index in [4.69, 9.17) is 4.74 Å². The van der Waals surface area contributed by atoms with Crippen molar-refractivity contribution in [1.82, 2.24) is 0 Å². The highest BCUT2D eigenvalue weighted by Crippen LogP contribution is 2.33. The van der Waals surface area contributed by atoms with Crippen LogP contribution in [0.25, 0.3) is 0 Å². The lowest BCUT2D eigenvalue weighted by molar-refractivity contribution is -0.385. The maximum atomic E-state index is 11.1. The monoisotopic (exact) mass is 273 g/mol. The number of hydrogen-bond donors (Lipinski definition) is 0. The molecule has 0 bridgehead atoms. The van der Waals surface area contributed by atoms with Crippen LogP contribution in [0.1, 0.15) is 17.3 Å². The lowest BCUT2D eigenvalue weighted by Gasteiger charge is -2.05. The van der Waals surface area contributed by atoms with Crippen LogP contribution in [0.15, 0.2) is 16.6 Å². The van der Waals surface area contributed by atoms with Crippen molar-refractivity contribution in [2.24, 2.45) is 0 Å². The number of methoxy groups -OCH3 is 1. The molecular weight excluding hydrogens is 266 g/mol. The van der Waals surface area contributed by atoms with Crippen molar-refractivity contribution in [3.8, 4) is 5.75 Å². The molecule has 0 saturated carbocycles. The molecule has 15 heavy (non-hydrogen) atoms. The number of rotatable bonds is 3. The van der Waals surface area contributed by atoms with E-state index in [1.165, 1.54) is 26.2 Å². The average Bonchev–Trinajstić information content (AvgIpc) is 2.16. The minimum Gasteiger partial charge on any atom is -0.490 e. The number of carbonyl (C=O) groups excluding carboxylic acids is 1. The van der Waals surface area contributed by atoms with E-state index in [-0.39, 0.29) is 22.8 Å². The van der Waals surface area contributed by atoms with Crippen molar-refractivity contribution in [2.45, 2.75) is 6.92 Å². The molecule has 5 nitrogen and oxygen atoms in total. The molecule has 0 N–H and O–H groups in total. The van der Waals surface area contributed by atoms with Crippen LogP contribution in [0, 0.1) is 10.1 Å². The number of ketones is 1. The summed E-state index contributed by atoms with van der Waals surface area (Å²) in [5.41, 5.74) is 0.0494. The number of carbonyl (C=O) groups is 1. The lowest BCUT2D eigenvalue weighted by atomic mass is 10.1. The van der Waals surface area contributed by atoms with Gasteiger partial charge in [-0.25, -0.2) is 0 Å². The molecule has 0 radical (unpaired) electrons. The highest BCUT2D eigenvalue weighted by atomic mass is 79.9. The topological polar surface area (TPSA) is 69.4 Å². The SMILES string of the molecule is COc1cc(Br)c(C(C)=O)cc1[N+](=O)[O-]. The highest BCUT2D eigenvalue weighted by Gasteiger charge is 2.19. The summed E-state index contributed by atoms with van der Waals surface area (Å²) in [7, 11) is 1.34. The zero-order chi connectivity index (χ0) is 11.6. The molecule has 0 aliphatic heterocycles. The first-order valence-corrected chi connectivity index (χ1v) is 4.79. The fraction of sp³-hybridized carbons (Fsp3) is 0.222. The van der Waals surface area contributed by atoms with Gasteiger partial charge in [0.05, 0.1) is 12.0 Å². The molecule has 1 aromatic rings. The largest absolute Gasteiger partial charge is 0.490 e. The number of nitro benzene ring substituents is 1. The van der Waals surface area contributed by atoms with Gasteiger partial charge in [-0.1, -0.05) is 0 Å². The summed E-state index contributed by atoms with van der Waals surface area (Å²) in [6.07, 6.45) is 0. The molecule has 1 aromatic carbocycles. The van der Waals surface area contributed by atoms with Gasteiger partial charge in [0.25, 0.3) is 0 Å². The van der Waals surface area contributed by atoms with E-state index in [0.29, 0.717) is 4.47 Å². The van der Waals surface area contributed by atoms with E-state index >= 15 is 0 Å². The normalized spacial score (nSPS) is 9.80. The molecule has 0 unspecified atom stereocenters. The number of hydrogen-bond acceptors (Lipinski definition) is 4. The maximum Gasteiger partial charge on any atom is 0.311 e. The second kappa shape index (κ2) is 4.39. The Morgan fingerprint density at radius 3 is 2.53 bits per heavy atom. The summed E-state index contributed by atoms with van der Waals surface area (Å²) in [4.78, 5) is 21.2. The number of Topliss-reactive ketones (excluding diaryl/α,β-unsaturated/α-hetero) is 1. The van der Waals surface area contributed by atoms with Crippen LogP contribution in [0.2, 0.25) is 0 Å². The van der Waals surface area contributed by atoms with Crippen LogP contribution in [-0.2, 0) is 0 Å². The number of benzene rings is 1. The van der Waals surface area contributed by atoms with Gasteiger partial charge < -0.3 is 4.74 Å². The first-order valence-electron chi connectivity index (χ1n) is 4.00. The molecule has 1 rings (SSSR count). The molecule has 0 aromatic heterocycles. The van der Waals surface area contributed by atoms with Crippen molar-refractivity contribution < 1.29 is 14.5 Å². The second-order valence-corrected chi connectivity index (χ2v) is 3.67. The third-order valence-corrected chi connectivity index (χ3v) is 2.50. The van der Waals surface area contributed by atoms with Crippen molar-refractivity contribution in [3.63, 3.8) is 0 Å². The number of ether oxygens (including phenoxy) is 1. The van der Waals surface area contributed by atoms with Gasteiger partial charge in [-0.05, 0) is 22.9 Å². The third-order valence-electron chi connectivity index (χ3n) is 1.84. The fourth-order valence-corrected chi connectivity index (χ4v) is 1.72. The summed E-state index contributed by atoms with van der Waals surface area (Å²) < 4.78 is 5.32. The van der Waals surface area contributed by atoms with Gasteiger partial charge >= 0.3 is 5.69 Å². The maximum absolute atomic E-state index is 11.1. The summed E-state index contributed by atoms with van der Waals surface area (Å²) in [5, 5.41) is 10.7. The number of halogens is 1. The Kier molecular flexibility index (Phi) is 3.41. The molecule has 0 aliphatic rings. The second-order valence-electron chi connectivity index (χ2n) is 2.82. The van der Waals surface area contributed by atoms with Crippen molar-refractivity contribution in [3.05, 3.63) is 32.3 Å². The van der Waals surface area contributed by atoms with E-state index in [1.807, 2.05) is 0 Å². The van der Waals surface area contributed by atoms with Crippen LogP contribution in [-0.4, -0.2) is 17.8 Å². The van der Waals surface area contributed by atoms with Crippen molar-refractivity contribution in [1.29, 1.82) is 0 Å². The Morgan fingerprint density at radius 1 is 1.53 bits per heavy atom. The highest BCUT2D eigenvalue weighted by molar-refractivity contribution is 9.10. The van der Waals surface area contributed by atoms with Crippen LogP contribution in [0.3, 0.4) is 0 Å². The Balaban J connectivity index is 3.43. The minimum atomic E-state index is -0.586. The first kappa shape index (κ1) is 11.6. The van der Waals surface area contributed by atoms with Gasteiger partial charge in [-0.2, -0.15) is 0 Å². The van der Waals surface area contributed by atoms with Crippen LogP contribution in [0.5, 0.6) is 5.75 Å².